The number of hydrogen-bond acceptors (Lipinski definition) is 1. The lowest BCUT2D eigenvalue weighted by Gasteiger charge is -2.20. The van der Waals surface area contributed by atoms with Crippen LogP contribution in [0.3, 0.4) is 0 Å². The number of aryl methyl sites for hydroxylation is 2. The zero-order chi connectivity index (χ0) is 14.9. The Labute approximate surface area is 116 Å². The van der Waals surface area contributed by atoms with Crippen molar-refractivity contribution in [2.75, 3.05) is 7.05 Å². The highest BCUT2D eigenvalue weighted by Gasteiger charge is 2.22. The van der Waals surface area contributed by atoms with Gasteiger partial charge in [0, 0.05) is 5.56 Å². The predicted octanol–water partition coefficient (Wildman–Crippen LogP) is 4.03. The van der Waals surface area contributed by atoms with E-state index in [1.165, 1.54) is 24.3 Å². The van der Waals surface area contributed by atoms with E-state index in [1.54, 1.807) is 27.0 Å². The highest BCUT2D eigenvalue weighted by molar-refractivity contribution is 5.38. The minimum absolute atomic E-state index is 0.0856. The Kier molecular flexibility index (Phi) is 4.14. The van der Waals surface area contributed by atoms with Crippen molar-refractivity contribution >= 4 is 0 Å². The lowest BCUT2D eigenvalue weighted by Crippen LogP contribution is -2.21. The molecule has 2 rings (SSSR count). The molecule has 1 atom stereocenters. The molecule has 20 heavy (non-hydrogen) atoms. The summed E-state index contributed by atoms with van der Waals surface area (Å²) >= 11 is 0. The first kappa shape index (κ1) is 14.6. The summed E-state index contributed by atoms with van der Waals surface area (Å²) in [5.41, 5.74) is 1.47. The zero-order valence-electron chi connectivity index (χ0n) is 11.6. The molecule has 0 amide bonds. The highest BCUT2D eigenvalue weighted by atomic mass is 19.1. The van der Waals surface area contributed by atoms with Crippen molar-refractivity contribution < 1.29 is 13.2 Å². The summed E-state index contributed by atoms with van der Waals surface area (Å²) in [5, 5.41) is 2.85. The Balaban J connectivity index is 2.61. The maximum atomic E-state index is 14.2. The van der Waals surface area contributed by atoms with Crippen LogP contribution >= 0.6 is 0 Å². The summed E-state index contributed by atoms with van der Waals surface area (Å²) in [4.78, 5) is 0. The van der Waals surface area contributed by atoms with Crippen LogP contribution in [-0.4, -0.2) is 7.05 Å². The van der Waals surface area contributed by atoms with E-state index in [2.05, 4.69) is 5.32 Å². The molecule has 2 aromatic carbocycles. The molecule has 0 radical (unpaired) electrons. The monoisotopic (exact) mass is 279 g/mol. The highest BCUT2D eigenvalue weighted by Crippen LogP contribution is 2.29. The van der Waals surface area contributed by atoms with Gasteiger partial charge in [-0.15, -0.1) is 0 Å². The second kappa shape index (κ2) is 5.67. The molecule has 0 aliphatic carbocycles. The summed E-state index contributed by atoms with van der Waals surface area (Å²) in [7, 11) is 1.59. The van der Waals surface area contributed by atoms with E-state index in [0.717, 1.165) is 0 Å². The molecule has 0 bridgehead atoms. The molecule has 0 saturated carbocycles. The second-order valence-electron chi connectivity index (χ2n) is 4.88. The topological polar surface area (TPSA) is 12.0 Å². The van der Waals surface area contributed by atoms with E-state index >= 15 is 0 Å². The minimum Gasteiger partial charge on any atom is -0.309 e. The Morgan fingerprint density at radius 1 is 1.00 bits per heavy atom. The summed E-state index contributed by atoms with van der Waals surface area (Å²) in [5.74, 6) is -1.67. The summed E-state index contributed by atoms with van der Waals surface area (Å²) in [6, 6.07) is 6.26. The van der Waals surface area contributed by atoms with Gasteiger partial charge in [0.25, 0.3) is 0 Å². The van der Waals surface area contributed by atoms with Gasteiger partial charge < -0.3 is 5.32 Å². The third-order valence-electron chi connectivity index (χ3n) is 3.29. The van der Waals surface area contributed by atoms with E-state index in [0.29, 0.717) is 16.7 Å². The van der Waals surface area contributed by atoms with Crippen molar-refractivity contribution in [3.8, 4) is 0 Å². The van der Waals surface area contributed by atoms with Gasteiger partial charge in [-0.1, -0.05) is 12.1 Å². The van der Waals surface area contributed by atoms with Crippen LogP contribution in [0.2, 0.25) is 0 Å². The van der Waals surface area contributed by atoms with Crippen molar-refractivity contribution in [2.45, 2.75) is 19.9 Å². The first-order valence-corrected chi connectivity index (χ1v) is 6.33. The SMILES string of the molecule is CNC(c1cc(C)cc(F)c1)c1c(F)ccc(C)c1F. The average Bonchev–Trinajstić information content (AvgIpc) is 2.38. The summed E-state index contributed by atoms with van der Waals surface area (Å²) in [6.07, 6.45) is 0. The molecule has 4 heteroatoms. The van der Waals surface area contributed by atoms with Crippen LogP contribution in [0.4, 0.5) is 13.2 Å². The van der Waals surface area contributed by atoms with Gasteiger partial charge in [0.2, 0.25) is 0 Å². The Morgan fingerprint density at radius 2 is 1.70 bits per heavy atom. The summed E-state index contributed by atoms with van der Waals surface area (Å²) in [6.45, 7) is 3.31. The molecule has 1 unspecified atom stereocenters. The van der Waals surface area contributed by atoms with Gasteiger partial charge in [-0.25, -0.2) is 13.2 Å². The molecule has 2 aromatic rings. The van der Waals surface area contributed by atoms with Crippen LogP contribution in [0.5, 0.6) is 0 Å². The molecular formula is C16H16F3N. The number of halogens is 3. The van der Waals surface area contributed by atoms with E-state index in [9.17, 15) is 13.2 Å². The van der Waals surface area contributed by atoms with Gasteiger partial charge in [0.1, 0.15) is 17.5 Å². The largest absolute Gasteiger partial charge is 0.309 e. The first-order valence-electron chi connectivity index (χ1n) is 6.33. The smallest absolute Gasteiger partial charge is 0.134 e. The fraction of sp³-hybridized carbons (Fsp3) is 0.250. The van der Waals surface area contributed by atoms with Crippen LogP contribution in [0, 0.1) is 31.3 Å². The lowest BCUT2D eigenvalue weighted by atomic mass is 9.95. The zero-order valence-corrected chi connectivity index (χ0v) is 11.6. The number of rotatable bonds is 3. The van der Waals surface area contributed by atoms with E-state index in [-0.39, 0.29) is 5.56 Å². The quantitative estimate of drug-likeness (QED) is 0.894. The van der Waals surface area contributed by atoms with Crippen LogP contribution in [0.15, 0.2) is 30.3 Å². The van der Waals surface area contributed by atoms with Crippen LogP contribution in [-0.2, 0) is 0 Å². The average molecular weight is 279 g/mol. The molecule has 106 valence electrons. The van der Waals surface area contributed by atoms with Gasteiger partial charge in [-0.2, -0.15) is 0 Å². The van der Waals surface area contributed by atoms with Crippen molar-refractivity contribution in [1.82, 2.24) is 5.32 Å². The van der Waals surface area contributed by atoms with Crippen molar-refractivity contribution in [2.24, 2.45) is 0 Å². The van der Waals surface area contributed by atoms with E-state index < -0.39 is 23.5 Å². The van der Waals surface area contributed by atoms with Crippen molar-refractivity contribution in [3.63, 3.8) is 0 Å². The molecule has 0 spiro atoms. The Morgan fingerprint density at radius 3 is 2.30 bits per heavy atom. The normalized spacial score (nSPS) is 12.5. The fourth-order valence-electron chi connectivity index (χ4n) is 2.35. The standard InChI is InChI=1S/C16H16F3N/c1-9-6-11(8-12(17)7-9)16(20-3)14-13(18)5-4-10(2)15(14)19/h4-8,16,20H,1-3H3. The molecule has 1 nitrogen and oxygen atoms in total. The molecule has 0 aliphatic rings. The van der Waals surface area contributed by atoms with Gasteiger partial charge in [0.15, 0.2) is 0 Å². The summed E-state index contributed by atoms with van der Waals surface area (Å²) < 4.78 is 41.7. The first-order chi connectivity index (χ1) is 9.43. The number of nitrogens with one attached hydrogen (secondary N) is 1. The molecule has 0 aromatic heterocycles. The van der Waals surface area contributed by atoms with Gasteiger partial charge in [-0.3, -0.25) is 0 Å². The van der Waals surface area contributed by atoms with Gasteiger partial charge in [0.05, 0.1) is 6.04 Å². The minimum atomic E-state index is -0.732. The fourth-order valence-corrected chi connectivity index (χ4v) is 2.35. The van der Waals surface area contributed by atoms with Crippen molar-refractivity contribution in [3.05, 3.63) is 70.0 Å². The second-order valence-corrected chi connectivity index (χ2v) is 4.88. The molecule has 0 aliphatic heterocycles. The van der Waals surface area contributed by atoms with Crippen LogP contribution in [0.1, 0.15) is 28.3 Å². The molecule has 0 fully saturated rings. The molecule has 1 N–H and O–H groups in total. The van der Waals surface area contributed by atoms with Crippen LogP contribution < -0.4 is 5.32 Å². The number of benzene rings is 2. The van der Waals surface area contributed by atoms with E-state index in [4.69, 9.17) is 0 Å². The molecular weight excluding hydrogens is 263 g/mol. The Hall–Kier alpha value is -1.81. The van der Waals surface area contributed by atoms with E-state index in [1.807, 2.05) is 0 Å². The third kappa shape index (κ3) is 2.70. The predicted molar refractivity (Wildman–Crippen MR) is 73.1 cm³/mol. The number of hydrogen-bond donors (Lipinski definition) is 1. The maximum absolute atomic E-state index is 14.2. The third-order valence-corrected chi connectivity index (χ3v) is 3.29. The maximum Gasteiger partial charge on any atom is 0.134 e. The van der Waals surface area contributed by atoms with Gasteiger partial charge >= 0.3 is 0 Å². The Bertz CT molecular complexity index is 618. The molecule has 0 saturated heterocycles. The lowest BCUT2D eigenvalue weighted by molar-refractivity contribution is 0.515. The van der Waals surface area contributed by atoms with Crippen molar-refractivity contribution in [1.29, 1.82) is 0 Å². The van der Waals surface area contributed by atoms with Crippen LogP contribution in [0.25, 0.3) is 0 Å². The molecule has 0 heterocycles. The van der Waals surface area contributed by atoms with Gasteiger partial charge in [-0.05, 0) is 55.8 Å².